The summed E-state index contributed by atoms with van der Waals surface area (Å²) in [7, 11) is 1.57. The van der Waals surface area contributed by atoms with Gasteiger partial charge in [0.1, 0.15) is 5.82 Å². The van der Waals surface area contributed by atoms with Crippen LogP contribution in [0.25, 0.3) is 0 Å². The van der Waals surface area contributed by atoms with Gasteiger partial charge in [0.05, 0.1) is 11.1 Å². The first-order valence-corrected chi connectivity index (χ1v) is 8.08. The molecule has 2 N–H and O–H groups in total. The molecule has 0 bridgehead atoms. The normalized spacial score (nSPS) is 12.9. The molecule has 1 aromatic heterocycles. The molecule has 26 heavy (non-hydrogen) atoms. The highest BCUT2D eigenvalue weighted by Crippen LogP contribution is 2.26. The van der Waals surface area contributed by atoms with E-state index in [1.165, 1.54) is 11.0 Å². The number of nitrogens with one attached hydrogen (secondary N) is 2. The minimum atomic E-state index is -0.489. The van der Waals surface area contributed by atoms with Crippen molar-refractivity contribution in [2.24, 2.45) is 0 Å². The van der Waals surface area contributed by atoms with Gasteiger partial charge in [-0.15, -0.1) is 0 Å². The highest BCUT2D eigenvalue weighted by Gasteiger charge is 2.35. The summed E-state index contributed by atoms with van der Waals surface area (Å²) in [5.74, 6) is -0.290. The number of carbonyl (C=O) groups is 3. The molecule has 8 nitrogen and oxygen atoms in total. The third-order valence-corrected chi connectivity index (χ3v) is 3.87. The van der Waals surface area contributed by atoms with E-state index in [4.69, 9.17) is 4.74 Å². The lowest BCUT2D eigenvalue weighted by Crippen LogP contribution is -2.31. The molecule has 0 atom stereocenters. The van der Waals surface area contributed by atoms with Crippen LogP contribution in [0.5, 0.6) is 0 Å². The maximum absolute atomic E-state index is 12.5. The molecule has 8 heteroatoms. The summed E-state index contributed by atoms with van der Waals surface area (Å²) in [5, 5.41) is 5.21. The summed E-state index contributed by atoms with van der Waals surface area (Å²) >= 11 is 0. The van der Waals surface area contributed by atoms with E-state index in [-0.39, 0.29) is 17.4 Å². The summed E-state index contributed by atoms with van der Waals surface area (Å²) in [4.78, 5) is 42.0. The van der Waals surface area contributed by atoms with E-state index in [1.54, 1.807) is 43.6 Å². The van der Waals surface area contributed by atoms with Gasteiger partial charge in [0.25, 0.3) is 11.8 Å². The van der Waals surface area contributed by atoms with Crippen LogP contribution < -0.4 is 10.6 Å². The minimum Gasteiger partial charge on any atom is -0.385 e. The molecule has 0 aliphatic carbocycles. The monoisotopic (exact) mass is 354 g/mol. The Bertz CT molecular complexity index is 838. The fourth-order valence-corrected chi connectivity index (χ4v) is 2.65. The van der Waals surface area contributed by atoms with Crippen molar-refractivity contribution < 1.29 is 19.1 Å². The summed E-state index contributed by atoms with van der Waals surface area (Å²) in [6, 6.07) is 9.29. The van der Waals surface area contributed by atoms with Gasteiger partial charge >= 0.3 is 6.03 Å². The number of nitrogens with zero attached hydrogens (tertiary/aromatic N) is 2. The summed E-state index contributed by atoms with van der Waals surface area (Å²) in [6.07, 6.45) is 2.13. The summed E-state index contributed by atoms with van der Waals surface area (Å²) < 4.78 is 4.95. The molecule has 0 unspecified atom stereocenters. The quantitative estimate of drug-likeness (QED) is 0.613. The topological polar surface area (TPSA) is 101 Å². The molecule has 1 aliphatic rings. The highest BCUT2D eigenvalue weighted by molar-refractivity contribution is 6.22. The summed E-state index contributed by atoms with van der Waals surface area (Å²) in [5.41, 5.74) is 1.03. The number of benzene rings is 1. The Balaban J connectivity index is 1.69. The first kappa shape index (κ1) is 17.6. The average molecular weight is 354 g/mol. The van der Waals surface area contributed by atoms with Crippen LogP contribution in [-0.4, -0.2) is 48.0 Å². The number of ether oxygens (including phenoxy) is 1. The van der Waals surface area contributed by atoms with Gasteiger partial charge in [-0.2, -0.15) is 0 Å². The van der Waals surface area contributed by atoms with Gasteiger partial charge in [-0.1, -0.05) is 6.07 Å². The number of hydrogen-bond acceptors (Lipinski definition) is 5. The standard InChI is InChI=1S/C18H18N4O4/c1-26-10-4-9-22-16(23)13-7-6-12(11-14(13)17(22)24)20-18(25)21-15-5-2-3-8-19-15/h2-3,5-8,11H,4,9-10H2,1H3,(H2,19,20,21,25). The van der Waals surface area contributed by atoms with Gasteiger partial charge in [0.15, 0.2) is 0 Å². The number of pyridine rings is 1. The first-order chi connectivity index (χ1) is 12.6. The van der Waals surface area contributed by atoms with Crippen molar-refractivity contribution in [2.75, 3.05) is 30.9 Å². The second-order valence-corrected chi connectivity index (χ2v) is 5.66. The van der Waals surface area contributed by atoms with Gasteiger partial charge < -0.3 is 10.1 Å². The Labute approximate surface area is 150 Å². The SMILES string of the molecule is COCCCN1C(=O)c2ccc(NC(=O)Nc3ccccn3)cc2C1=O. The van der Waals surface area contributed by atoms with Crippen molar-refractivity contribution in [2.45, 2.75) is 6.42 Å². The van der Waals surface area contributed by atoms with E-state index >= 15 is 0 Å². The van der Waals surface area contributed by atoms with Crippen LogP contribution in [0.2, 0.25) is 0 Å². The molecule has 2 heterocycles. The van der Waals surface area contributed by atoms with Crippen molar-refractivity contribution in [1.29, 1.82) is 0 Å². The third-order valence-electron chi connectivity index (χ3n) is 3.87. The second kappa shape index (κ2) is 7.75. The maximum Gasteiger partial charge on any atom is 0.324 e. The number of methoxy groups -OCH3 is 1. The number of anilines is 2. The lowest BCUT2D eigenvalue weighted by Gasteiger charge is -2.12. The number of carbonyl (C=O) groups excluding carboxylic acids is 3. The van der Waals surface area contributed by atoms with Crippen molar-refractivity contribution in [3.05, 3.63) is 53.7 Å². The van der Waals surface area contributed by atoms with Crippen LogP contribution in [0, 0.1) is 0 Å². The number of hydrogen-bond donors (Lipinski definition) is 2. The molecule has 0 spiro atoms. The van der Waals surface area contributed by atoms with Crippen LogP contribution in [-0.2, 0) is 4.74 Å². The van der Waals surface area contributed by atoms with E-state index in [0.717, 1.165) is 0 Å². The van der Waals surface area contributed by atoms with E-state index in [1.807, 2.05) is 0 Å². The second-order valence-electron chi connectivity index (χ2n) is 5.66. The summed E-state index contributed by atoms with van der Waals surface area (Å²) in [6.45, 7) is 0.761. The van der Waals surface area contributed by atoms with Crippen molar-refractivity contribution in [3.63, 3.8) is 0 Å². The van der Waals surface area contributed by atoms with E-state index in [0.29, 0.717) is 36.6 Å². The molecule has 1 aliphatic heterocycles. The molecule has 3 rings (SSSR count). The van der Waals surface area contributed by atoms with Gasteiger partial charge in [-0.05, 0) is 36.8 Å². The van der Waals surface area contributed by atoms with Gasteiger partial charge in [0, 0.05) is 32.1 Å². The highest BCUT2D eigenvalue weighted by atomic mass is 16.5. The van der Waals surface area contributed by atoms with E-state index in [9.17, 15) is 14.4 Å². The number of imide groups is 1. The molecule has 0 radical (unpaired) electrons. The van der Waals surface area contributed by atoms with Gasteiger partial charge in [-0.25, -0.2) is 9.78 Å². The van der Waals surface area contributed by atoms with Crippen LogP contribution in [0.3, 0.4) is 0 Å². The largest absolute Gasteiger partial charge is 0.385 e. The number of fused-ring (bicyclic) bond motifs is 1. The Morgan fingerprint density at radius 2 is 1.92 bits per heavy atom. The maximum atomic E-state index is 12.5. The zero-order valence-corrected chi connectivity index (χ0v) is 14.2. The number of aromatic nitrogens is 1. The minimum absolute atomic E-state index is 0.281. The third kappa shape index (κ3) is 3.70. The number of urea groups is 1. The first-order valence-electron chi connectivity index (χ1n) is 8.08. The Kier molecular flexibility index (Phi) is 5.23. The van der Waals surface area contributed by atoms with E-state index < -0.39 is 6.03 Å². The van der Waals surface area contributed by atoms with Crippen LogP contribution in [0.4, 0.5) is 16.3 Å². The molecule has 1 aromatic carbocycles. The molecule has 0 fully saturated rings. The lowest BCUT2D eigenvalue weighted by molar-refractivity contribution is 0.0638. The smallest absolute Gasteiger partial charge is 0.324 e. The average Bonchev–Trinajstić information content (AvgIpc) is 2.87. The van der Waals surface area contributed by atoms with Gasteiger partial charge in [-0.3, -0.25) is 19.8 Å². The predicted octanol–water partition coefficient (Wildman–Crippen LogP) is 2.36. The number of amides is 4. The van der Waals surface area contributed by atoms with Crippen LogP contribution in [0.15, 0.2) is 42.6 Å². The Morgan fingerprint density at radius 1 is 1.12 bits per heavy atom. The molecule has 4 amide bonds. The zero-order valence-electron chi connectivity index (χ0n) is 14.2. The molecule has 0 saturated carbocycles. The van der Waals surface area contributed by atoms with Crippen molar-refractivity contribution in [1.82, 2.24) is 9.88 Å². The molecule has 0 saturated heterocycles. The van der Waals surface area contributed by atoms with Crippen molar-refractivity contribution in [3.8, 4) is 0 Å². The predicted molar refractivity (Wildman–Crippen MR) is 95.2 cm³/mol. The Morgan fingerprint density at radius 3 is 2.65 bits per heavy atom. The number of rotatable bonds is 6. The van der Waals surface area contributed by atoms with Crippen LogP contribution in [0.1, 0.15) is 27.1 Å². The van der Waals surface area contributed by atoms with Crippen LogP contribution >= 0.6 is 0 Å². The zero-order chi connectivity index (χ0) is 18.5. The fourth-order valence-electron chi connectivity index (χ4n) is 2.65. The van der Waals surface area contributed by atoms with Gasteiger partial charge in [0.2, 0.25) is 0 Å². The molecular weight excluding hydrogens is 336 g/mol. The fraction of sp³-hybridized carbons (Fsp3) is 0.222. The Hall–Kier alpha value is -3.26. The lowest BCUT2D eigenvalue weighted by atomic mass is 10.1. The van der Waals surface area contributed by atoms with E-state index in [2.05, 4.69) is 15.6 Å². The molecular formula is C18H18N4O4. The molecule has 2 aromatic rings. The molecule has 134 valence electrons. The van der Waals surface area contributed by atoms with Crippen molar-refractivity contribution >= 4 is 29.4 Å².